The highest BCUT2D eigenvalue weighted by atomic mass is 16.7. The molecule has 5 rings (SSSR count). The van der Waals surface area contributed by atoms with Gasteiger partial charge in [-0.1, -0.05) is 13.3 Å². The van der Waals surface area contributed by atoms with Crippen LogP contribution in [0.1, 0.15) is 63.2 Å². The molecule has 1 saturated heterocycles. The second-order valence-corrected chi connectivity index (χ2v) is 9.41. The fraction of sp³-hybridized carbons (Fsp3) is 0.783. The smallest absolute Gasteiger partial charge is 0.317 e. The van der Waals surface area contributed by atoms with Crippen LogP contribution in [0.4, 0.5) is 0 Å². The van der Waals surface area contributed by atoms with Crippen molar-refractivity contribution in [2.45, 2.75) is 64.6 Å². The molecule has 1 aromatic heterocycles. The first-order valence-electron chi connectivity index (χ1n) is 11.0. The van der Waals surface area contributed by atoms with Gasteiger partial charge >= 0.3 is 5.97 Å². The molecule has 28 heavy (non-hydrogen) atoms. The van der Waals surface area contributed by atoms with E-state index in [1.807, 2.05) is 13.2 Å². The summed E-state index contributed by atoms with van der Waals surface area (Å²) in [6.07, 6.45) is 7.49. The lowest BCUT2D eigenvalue weighted by atomic mass is 9.41. The van der Waals surface area contributed by atoms with Crippen molar-refractivity contribution in [3.05, 3.63) is 23.7 Å². The molecule has 3 fully saturated rings. The van der Waals surface area contributed by atoms with Crippen molar-refractivity contribution in [3.63, 3.8) is 0 Å². The van der Waals surface area contributed by atoms with Gasteiger partial charge in [0.05, 0.1) is 20.0 Å². The Kier molecular flexibility index (Phi) is 4.40. The highest BCUT2D eigenvalue weighted by Crippen LogP contribution is 2.68. The maximum absolute atomic E-state index is 13.2. The lowest BCUT2D eigenvalue weighted by molar-refractivity contribution is -0.320. The molecule has 1 aliphatic heterocycles. The number of methoxy groups -OCH3 is 1. The van der Waals surface area contributed by atoms with Gasteiger partial charge in [-0.3, -0.25) is 4.79 Å². The number of furan rings is 1. The van der Waals surface area contributed by atoms with Crippen molar-refractivity contribution in [2.75, 3.05) is 20.3 Å². The van der Waals surface area contributed by atoms with Crippen LogP contribution >= 0.6 is 0 Å². The van der Waals surface area contributed by atoms with E-state index in [2.05, 4.69) is 13.0 Å². The minimum Gasteiger partial charge on any atom is -0.469 e. The van der Waals surface area contributed by atoms with Crippen molar-refractivity contribution in [3.8, 4) is 0 Å². The van der Waals surface area contributed by atoms with Crippen molar-refractivity contribution >= 4 is 5.97 Å². The van der Waals surface area contributed by atoms with Crippen LogP contribution in [-0.2, 0) is 25.4 Å². The first kappa shape index (κ1) is 18.7. The Hall–Kier alpha value is -1.33. The molecule has 0 spiro atoms. The van der Waals surface area contributed by atoms with E-state index in [4.69, 9.17) is 18.6 Å². The first-order valence-corrected chi connectivity index (χ1v) is 11.0. The van der Waals surface area contributed by atoms with E-state index in [0.717, 1.165) is 44.3 Å². The van der Waals surface area contributed by atoms with E-state index in [0.29, 0.717) is 31.0 Å². The van der Waals surface area contributed by atoms with Gasteiger partial charge in [-0.15, -0.1) is 0 Å². The molecule has 4 aliphatic rings. The van der Waals surface area contributed by atoms with Gasteiger partial charge in [0.2, 0.25) is 0 Å². The molecule has 2 bridgehead atoms. The van der Waals surface area contributed by atoms with Crippen LogP contribution in [-0.4, -0.2) is 32.6 Å². The fourth-order valence-electron chi connectivity index (χ4n) is 7.67. The van der Waals surface area contributed by atoms with Crippen molar-refractivity contribution in [1.29, 1.82) is 0 Å². The number of rotatable bonds is 3. The molecule has 154 valence electrons. The summed E-state index contributed by atoms with van der Waals surface area (Å²) in [4.78, 5) is 13.2. The summed E-state index contributed by atoms with van der Waals surface area (Å²) < 4.78 is 23.6. The fourth-order valence-corrected chi connectivity index (χ4v) is 7.67. The number of esters is 1. The topological polar surface area (TPSA) is 57.9 Å². The second kappa shape index (κ2) is 6.60. The quantitative estimate of drug-likeness (QED) is 0.723. The second-order valence-electron chi connectivity index (χ2n) is 9.41. The van der Waals surface area contributed by atoms with Crippen LogP contribution in [0.25, 0.3) is 0 Å². The monoisotopic (exact) mass is 388 g/mol. The summed E-state index contributed by atoms with van der Waals surface area (Å²) in [5.74, 6) is 2.89. The Balaban J connectivity index is 1.59. The summed E-state index contributed by atoms with van der Waals surface area (Å²) in [5, 5.41) is 0. The Morgan fingerprint density at radius 1 is 1.32 bits per heavy atom. The number of hydrogen-bond acceptors (Lipinski definition) is 5. The highest BCUT2D eigenvalue weighted by molar-refractivity contribution is 5.78. The molecule has 2 saturated carbocycles. The number of hydrogen-bond donors (Lipinski definition) is 0. The Morgan fingerprint density at radius 2 is 2.18 bits per heavy atom. The molecule has 5 nitrogen and oxygen atoms in total. The van der Waals surface area contributed by atoms with Gasteiger partial charge in [0, 0.05) is 18.4 Å². The van der Waals surface area contributed by atoms with Crippen molar-refractivity contribution < 1.29 is 23.4 Å². The Bertz CT molecular complexity index is 756. The van der Waals surface area contributed by atoms with E-state index in [-0.39, 0.29) is 17.3 Å². The molecule has 0 radical (unpaired) electrons. The minimum absolute atomic E-state index is 0.0156. The zero-order chi connectivity index (χ0) is 19.5. The third-order valence-corrected chi connectivity index (χ3v) is 8.72. The molecule has 1 aromatic rings. The van der Waals surface area contributed by atoms with E-state index >= 15 is 0 Å². The van der Waals surface area contributed by atoms with E-state index in [1.165, 1.54) is 12.7 Å². The zero-order valence-corrected chi connectivity index (χ0v) is 17.2. The largest absolute Gasteiger partial charge is 0.469 e. The lowest BCUT2D eigenvalue weighted by Gasteiger charge is -2.66. The molecule has 2 heterocycles. The van der Waals surface area contributed by atoms with Crippen LogP contribution < -0.4 is 0 Å². The molecular formula is C23H32O5. The number of carbonyl (C=O) groups excluding carboxylic acids is 1. The third-order valence-electron chi connectivity index (χ3n) is 8.72. The van der Waals surface area contributed by atoms with Gasteiger partial charge in [-0.05, 0) is 67.9 Å². The van der Waals surface area contributed by atoms with Crippen molar-refractivity contribution in [1.82, 2.24) is 0 Å². The highest BCUT2D eigenvalue weighted by Gasteiger charge is 2.70. The SMILES string of the molecule is CCO[C@H]1OCC23CCC[C@]1(C(=O)OC)[C@@H]2CC[C@H]1[C@@H](C)c2ccoc2C[C@@H]13. The number of fused-ring (bicyclic) bond motifs is 2. The van der Waals surface area contributed by atoms with E-state index < -0.39 is 11.7 Å². The number of carbonyl (C=O) groups is 1. The number of ether oxygens (including phenoxy) is 3. The summed E-state index contributed by atoms with van der Waals surface area (Å²) in [6, 6.07) is 2.15. The van der Waals surface area contributed by atoms with Gasteiger partial charge in [-0.25, -0.2) is 0 Å². The maximum atomic E-state index is 13.2. The van der Waals surface area contributed by atoms with E-state index in [9.17, 15) is 4.79 Å². The lowest BCUT2D eigenvalue weighted by Crippen LogP contribution is -2.68. The average molecular weight is 389 g/mol. The summed E-state index contributed by atoms with van der Waals surface area (Å²) in [7, 11) is 1.51. The Morgan fingerprint density at radius 3 is 2.96 bits per heavy atom. The van der Waals surface area contributed by atoms with E-state index in [1.54, 1.807) is 0 Å². The molecule has 0 N–H and O–H groups in total. The van der Waals surface area contributed by atoms with Crippen LogP contribution in [0.3, 0.4) is 0 Å². The van der Waals surface area contributed by atoms with Gasteiger partial charge in [0.15, 0.2) is 6.29 Å². The van der Waals surface area contributed by atoms with Gasteiger partial charge in [-0.2, -0.15) is 0 Å². The molecular weight excluding hydrogens is 356 g/mol. The van der Waals surface area contributed by atoms with Crippen LogP contribution in [0, 0.1) is 28.6 Å². The first-order chi connectivity index (χ1) is 13.6. The predicted octanol–water partition coefficient (Wildman–Crippen LogP) is 4.30. The Labute approximate surface area is 167 Å². The average Bonchev–Trinajstić information content (AvgIpc) is 3.18. The molecule has 0 amide bonds. The summed E-state index contributed by atoms with van der Waals surface area (Å²) in [6.45, 7) is 5.55. The van der Waals surface area contributed by atoms with Crippen LogP contribution in [0.2, 0.25) is 0 Å². The van der Waals surface area contributed by atoms with Crippen LogP contribution in [0.5, 0.6) is 0 Å². The normalized spacial score (nSPS) is 44.2. The van der Waals surface area contributed by atoms with Gasteiger partial charge < -0.3 is 18.6 Å². The minimum atomic E-state index is -0.668. The molecule has 1 unspecified atom stereocenters. The molecule has 3 aliphatic carbocycles. The molecule has 7 atom stereocenters. The molecule has 5 heteroatoms. The maximum Gasteiger partial charge on any atom is 0.317 e. The summed E-state index contributed by atoms with van der Waals surface area (Å²) in [5.41, 5.74) is 0.732. The van der Waals surface area contributed by atoms with Crippen LogP contribution in [0.15, 0.2) is 16.7 Å². The van der Waals surface area contributed by atoms with Crippen molar-refractivity contribution in [2.24, 2.45) is 28.6 Å². The van der Waals surface area contributed by atoms with Gasteiger partial charge in [0.25, 0.3) is 0 Å². The molecule has 0 aromatic carbocycles. The predicted molar refractivity (Wildman–Crippen MR) is 103 cm³/mol. The zero-order valence-electron chi connectivity index (χ0n) is 17.2. The van der Waals surface area contributed by atoms with Gasteiger partial charge in [0.1, 0.15) is 11.2 Å². The third kappa shape index (κ3) is 2.23. The summed E-state index contributed by atoms with van der Waals surface area (Å²) >= 11 is 0. The standard InChI is InChI=1S/C23H32O5/c1-4-26-21-23(20(24)25-3)10-5-9-22(13-28-21)17-12-18-16(8-11-27-18)14(2)15(17)6-7-19(22)23/h8,11,14-15,17,19,21H,4-7,9-10,12-13H2,1-3H3/t14-,15+,17+,19-,21+,22?,23-/m1/s1.